The smallest absolute Gasteiger partial charge is 0.306 e. The Labute approximate surface area is 367 Å². The molecule has 0 aliphatic heterocycles. The third-order valence-corrected chi connectivity index (χ3v) is 11.3. The van der Waals surface area contributed by atoms with Gasteiger partial charge in [-0.1, -0.05) is 223 Å². The van der Waals surface area contributed by atoms with Crippen LogP contribution in [0.2, 0.25) is 0 Å². The minimum Gasteiger partial charge on any atom is -0.462 e. The molecule has 0 aliphatic rings. The number of carbonyl (C=O) groups is 2. The number of rotatable bonds is 47. The number of aliphatic hydroxyl groups is 1. The standard InChI is InChI=1S/C54H98O5/c1-3-5-7-9-11-13-15-17-19-21-23-24-25-26-27-28-29-30-31-33-35-37-39-41-43-45-47-49-54(57)59-52(50-55)51-58-53(56)48-46-44-42-40-38-36-34-32-22-20-18-16-14-12-10-8-6-4-2/h15,17,20-23,25-26,52,55H,3-14,16,18-19,24,27-51H2,1-2H3/b17-15-,22-20-,23-21-,26-25-. The molecule has 1 atom stereocenters. The van der Waals surface area contributed by atoms with Crippen LogP contribution in [0.5, 0.6) is 0 Å². The highest BCUT2D eigenvalue weighted by Gasteiger charge is 2.16. The van der Waals surface area contributed by atoms with Gasteiger partial charge in [0.05, 0.1) is 6.61 Å². The third-order valence-electron chi connectivity index (χ3n) is 11.3. The van der Waals surface area contributed by atoms with Crippen molar-refractivity contribution in [1.82, 2.24) is 0 Å². The summed E-state index contributed by atoms with van der Waals surface area (Å²) in [6.45, 7) is 4.14. The molecule has 0 spiro atoms. The lowest BCUT2D eigenvalue weighted by molar-refractivity contribution is -0.161. The van der Waals surface area contributed by atoms with E-state index in [1.807, 2.05) is 0 Å². The molecule has 0 fully saturated rings. The highest BCUT2D eigenvalue weighted by molar-refractivity contribution is 5.70. The monoisotopic (exact) mass is 827 g/mol. The van der Waals surface area contributed by atoms with Crippen LogP contribution in [0.3, 0.4) is 0 Å². The van der Waals surface area contributed by atoms with Crippen LogP contribution >= 0.6 is 0 Å². The van der Waals surface area contributed by atoms with Gasteiger partial charge in [-0.05, 0) is 77.0 Å². The van der Waals surface area contributed by atoms with Crippen molar-refractivity contribution in [3.05, 3.63) is 48.6 Å². The fraction of sp³-hybridized carbons (Fsp3) is 0.815. The lowest BCUT2D eigenvalue weighted by Gasteiger charge is -2.15. The van der Waals surface area contributed by atoms with Crippen LogP contribution < -0.4 is 0 Å². The second kappa shape index (κ2) is 50.2. The van der Waals surface area contributed by atoms with Crippen LogP contribution in [0.4, 0.5) is 0 Å². The Balaban J connectivity index is 3.50. The van der Waals surface area contributed by atoms with Gasteiger partial charge in [0.25, 0.3) is 0 Å². The first-order chi connectivity index (χ1) is 29.1. The van der Waals surface area contributed by atoms with Crippen LogP contribution in [0, 0.1) is 0 Å². The number of hydrogen-bond donors (Lipinski definition) is 1. The molecule has 1 N–H and O–H groups in total. The fourth-order valence-electron chi connectivity index (χ4n) is 7.44. The average molecular weight is 827 g/mol. The topological polar surface area (TPSA) is 72.8 Å². The van der Waals surface area contributed by atoms with E-state index in [2.05, 4.69) is 62.5 Å². The van der Waals surface area contributed by atoms with E-state index < -0.39 is 6.10 Å². The summed E-state index contributed by atoms with van der Waals surface area (Å²) in [5, 5.41) is 9.62. The number of hydrogen-bond acceptors (Lipinski definition) is 5. The molecule has 5 heteroatoms. The van der Waals surface area contributed by atoms with Crippen molar-refractivity contribution < 1.29 is 24.2 Å². The summed E-state index contributed by atoms with van der Waals surface area (Å²) in [6, 6.07) is 0. The second-order valence-electron chi connectivity index (χ2n) is 17.2. The number of allylic oxidation sites excluding steroid dienone is 8. The van der Waals surface area contributed by atoms with E-state index in [0.717, 1.165) is 51.4 Å². The summed E-state index contributed by atoms with van der Waals surface area (Å²) in [5.74, 6) is -0.590. The first-order valence-electron chi connectivity index (χ1n) is 25.7. The maximum absolute atomic E-state index is 12.3. The zero-order chi connectivity index (χ0) is 42.8. The van der Waals surface area contributed by atoms with E-state index in [1.165, 1.54) is 186 Å². The van der Waals surface area contributed by atoms with Crippen LogP contribution in [-0.2, 0) is 19.1 Å². The number of ether oxygens (including phenoxy) is 2. The van der Waals surface area contributed by atoms with Gasteiger partial charge >= 0.3 is 11.9 Å². The predicted octanol–water partition coefficient (Wildman–Crippen LogP) is 16.9. The molecule has 0 amide bonds. The van der Waals surface area contributed by atoms with Gasteiger partial charge in [0.2, 0.25) is 0 Å². The van der Waals surface area contributed by atoms with E-state index in [1.54, 1.807) is 0 Å². The summed E-state index contributed by atoms with van der Waals surface area (Å²) in [6.07, 6.45) is 64.9. The highest BCUT2D eigenvalue weighted by atomic mass is 16.6. The van der Waals surface area contributed by atoms with E-state index in [-0.39, 0.29) is 25.2 Å². The van der Waals surface area contributed by atoms with Gasteiger partial charge in [-0.2, -0.15) is 0 Å². The Morgan fingerprint density at radius 2 is 0.678 bits per heavy atom. The molecular formula is C54H98O5. The lowest BCUT2D eigenvalue weighted by Crippen LogP contribution is -2.28. The molecule has 0 aromatic heterocycles. The molecule has 0 heterocycles. The zero-order valence-corrected chi connectivity index (χ0v) is 39.3. The summed E-state index contributed by atoms with van der Waals surface area (Å²) >= 11 is 0. The van der Waals surface area contributed by atoms with E-state index in [9.17, 15) is 14.7 Å². The quantitative estimate of drug-likeness (QED) is 0.0376. The Morgan fingerprint density at radius 1 is 0.390 bits per heavy atom. The third kappa shape index (κ3) is 48.4. The minimum absolute atomic E-state index is 0.0676. The highest BCUT2D eigenvalue weighted by Crippen LogP contribution is 2.15. The molecular weight excluding hydrogens is 729 g/mol. The zero-order valence-electron chi connectivity index (χ0n) is 39.3. The van der Waals surface area contributed by atoms with Crippen molar-refractivity contribution in [3.63, 3.8) is 0 Å². The molecule has 5 nitrogen and oxygen atoms in total. The summed E-state index contributed by atoms with van der Waals surface area (Å²) in [5.41, 5.74) is 0. The van der Waals surface area contributed by atoms with E-state index >= 15 is 0 Å². The van der Waals surface area contributed by atoms with Gasteiger partial charge in [0.15, 0.2) is 6.10 Å². The molecule has 0 aliphatic carbocycles. The van der Waals surface area contributed by atoms with Crippen molar-refractivity contribution in [3.8, 4) is 0 Å². The van der Waals surface area contributed by atoms with Crippen LogP contribution in [0.15, 0.2) is 48.6 Å². The van der Waals surface area contributed by atoms with Crippen molar-refractivity contribution in [2.75, 3.05) is 13.2 Å². The largest absolute Gasteiger partial charge is 0.462 e. The Hall–Kier alpha value is -2.14. The summed E-state index contributed by atoms with van der Waals surface area (Å²) in [4.78, 5) is 24.4. The summed E-state index contributed by atoms with van der Waals surface area (Å²) < 4.78 is 10.7. The number of esters is 2. The van der Waals surface area contributed by atoms with Crippen LogP contribution in [0.1, 0.15) is 264 Å². The maximum Gasteiger partial charge on any atom is 0.306 e. The van der Waals surface area contributed by atoms with Gasteiger partial charge in [-0.25, -0.2) is 0 Å². The normalized spacial score (nSPS) is 12.5. The van der Waals surface area contributed by atoms with Gasteiger partial charge in [-0.3, -0.25) is 9.59 Å². The molecule has 0 saturated heterocycles. The van der Waals surface area contributed by atoms with Crippen LogP contribution in [-0.4, -0.2) is 36.4 Å². The Bertz CT molecular complexity index is 981. The van der Waals surface area contributed by atoms with Crippen molar-refractivity contribution in [2.24, 2.45) is 0 Å². The lowest BCUT2D eigenvalue weighted by atomic mass is 10.0. The molecule has 0 rings (SSSR count). The van der Waals surface area contributed by atoms with Crippen molar-refractivity contribution in [2.45, 2.75) is 270 Å². The Kier molecular flexibility index (Phi) is 48.4. The molecule has 0 saturated carbocycles. The molecule has 344 valence electrons. The van der Waals surface area contributed by atoms with Gasteiger partial charge in [0.1, 0.15) is 6.61 Å². The molecule has 0 radical (unpaired) electrons. The summed E-state index contributed by atoms with van der Waals surface area (Å²) in [7, 11) is 0. The van der Waals surface area contributed by atoms with Gasteiger partial charge in [-0.15, -0.1) is 0 Å². The maximum atomic E-state index is 12.3. The first kappa shape index (κ1) is 56.9. The minimum atomic E-state index is -0.775. The molecule has 0 bridgehead atoms. The number of unbranched alkanes of at least 4 members (excludes halogenated alkanes) is 31. The van der Waals surface area contributed by atoms with Gasteiger partial charge in [0, 0.05) is 12.8 Å². The molecule has 0 aromatic rings. The van der Waals surface area contributed by atoms with E-state index in [4.69, 9.17) is 9.47 Å². The number of aliphatic hydroxyl groups excluding tert-OH is 1. The Morgan fingerprint density at radius 3 is 1.03 bits per heavy atom. The van der Waals surface area contributed by atoms with Crippen molar-refractivity contribution in [1.29, 1.82) is 0 Å². The van der Waals surface area contributed by atoms with Crippen molar-refractivity contribution >= 4 is 11.9 Å². The average Bonchev–Trinajstić information content (AvgIpc) is 3.24. The van der Waals surface area contributed by atoms with E-state index in [0.29, 0.717) is 12.8 Å². The van der Waals surface area contributed by atoms with Crippen LogP contribution in [0.25, 0.3) is 0 Å². The molecule has 0 aromatic carbocycles. The second-order valence-corrected chi connectivity index (χ2v) is 17.2. The van der Waals surface area contributed by atoms with Gasteiger partial charge < -0.3 is 14.6 Å². The molecule has 1 unspecified atom stereocenters. The number of carbonyl (C=O) groups excluding carboxylic acids is 2. The fourth-order valence-corrected chi connectivity index (χ4v) is 7.44. The molecule has 59 heavy (non-hydrogen) atoms. The SMILES string of the molecule is CCCCCCC/C=C\C/C=C\C/C=C\CCCCCCCCCCCCCCC(=O)OC(CO)COC(=O)CCCCCCCCC/C=C\CCCCCCCCC. The predicted molar refractivity (Wildman–Crippen MR) is 256 cm³/mol. The first-order valence-corrected chi connectivity index (χ1v) is 25.7.